The molecular formula is C24H29F3N2O6S. The molecule has 0 radical (unpaired) electrons. The van der Waals surface area contributed by atoms with Crippen molar-refractivity contribution in [2.75, 3.05) is 25.0 Å². The molecule has 0 heterocycles. The van der Waals surface area contributed by atoms with Crippen LogP contribution in [0.3, 0.4) is 0 Å². The van der Waals surface area contributed by atoms with Crippen LogP contribution in [-0.2, 0) is 29.8 Å². The monoisotopic (exact) mass is 530 g/mol. The number of alkyl halides is 3. The number of amides is 1. The molecule has 1 aliphatic rings. The maximum atomic E-state index is 12.8. The highest BCUT2D eigenvalue weighted by molar-refractivity contribution is 7.92. The summed E-state index contributed by atoms with van der Waals surface area (Å²) in [5.74, 6) is -2.76. The number of ether oxygens (including phenoxy) is 1. The van der Waals surface area contributed by atoms with E-state index in [1.165, 1.54) is 0 Å². The summed E-state index contributed by atoms with van der Waals surface area (Å²) in [6, 6.07) is 10.7. The molecule has 3 N–H and O–H groups in total. The lowest BCUT2D eigenvalue weighted by molar-refractivity contribution is -0.192. The average molecular weight is 531 g/mol. The maximum Gasteiger partial charge on any atom is 0.490 e. The predicted molar refractivity (Wildman–Crippen MR) is 127 cm³/mol. The van der Waals surface area contributed by atoms with Gasteiger partial charge >= 0.3 is 12.1 Å². The van der Waals surface area contributed by atoms with E-state index in [0.717, 1.165) is 29.5 Å². The normalized spacial score (nSPS) is 14.3. The summed E-state index contributed by atoms with van der Waals surface area (Å²) >= 11 is 0. The van der Waals surface area contributed by atoms with E-state index in [2.05, 4.69) is 10.0 Å². The Balaban J connectivity index is 0.000000572. The standard InChI is InChI=1S/C22H28N2O4S.C2HF3O2/c1-15-13-17(3)20(14-16(15)2)29(26,27)24-19-7-5-18(6-8-19)22(9-10-22)21(25)23-11-12-28-4;3-2(4,5)1(6)7/h5-8,13-14,24H,9-12H2,1-4H3,(H,23,25);(H,6,7). The molecule has 0 atom stereocenters. The fourth-order valence-electron chi connectivity index (χ4n) is 3.50. The second-order valence-electron chi connectivity index (χ2n) is 8.52. The van der Waals surface area contributed by atoms with E-state index >= 15 is 0 Å². The van der Waals surface area contributed by atoms with Gasteiger partial charge in [0.2, 0.25) is 5.91 Å². The first kappa shape index (κ1) is 29.1. The Labute approximate surface area is 207 Å². The Bertz CT molecular complexity index is 1210. The Hall–Kier alpha value is -3.12. The Morgan fingerprint density at radius 1 is 1.03 bits per heavy atom. The third-order valence-electron chi connectivity index (χ3n) is 5.79. The molecule has 0 aromatic heterocycles. The summed E-state index contributed by atoms with van der Waals surface area (Å²) in [7, 11) is -2.09. The number of halogens is 3. The number of carbonyl (C=O) groups is 2. The molecule has 8 nitrogen and oxygen atoms in total. The zero-order valence-electron chi connectivity index (χ0n) is 20.3. The fraction of sp³-hybridized carbons (Fsp3) is 0.417. The number of methoxy groups -OCH3 is 1. The molecule has 2 aromatic rings. The van der Waals surface area contributed by atoms with Gasteiger partial charge < -0.3 is 15.2 Å². The molecule has 0 bridgehead atoms. The van der Waals surface area contributed by atoms with Gasteiger partial charge in [0.15, 0.2) is 0 Å². The topological polar surface area (TPSA) is 122 Å². The Kier molecular flexibility index (Phi) is 9.13. The van der Waals surface area contributed by atoms with Crippen LogP contribution in [0.5, 0.6) is 0 Å². The third kappa shape index (κ3) is 7.20. The molecule has 0 spiro atoms. The van der Waals surface area contributed by atoms with Crippen molar-refractivity contribution in [1.82, 2.24) is 5.32 Å². The number of nitrogens with one attached hydrogen (secondary N) is 2. The number of anilines is 1. The number of sulfonamides is 1. The van der Waals surface area contributed by atoms with Crippen LogP contribution in [0.1, 0.15) is 35.1 Å². The van der Waals surface area contributed by atoms with Crippen molar-refractivity contribution in [3.8, 4) is 0 Å². The maximum absolute atomic E-state index is 12.8. The molecule has 0 unspecified atom stereocenters. The molecule has 0 aliphatic heterocycles. The van der Waals surface area contributed by atoms with Gasteiger partial charge in [-0.3, -0.25) is 9.52 Å². The third-order valence-corrected chi connectivity index (χ3v) is 7.31. The molecular weight excluding hydrogens is 501 g/mol. The molecule has 198 valence electrons. The smallest absolute Gasteiger partial charge is 0.475 e. The predicted octanol–water partition coefficient (Wildman–Crippen LogP) is 3.84. The molecule has 3 rings (SSSR count). The van der Waals surface area contributed by atoms with Crippen LogP contribution in [0.4, 0.5) is 18.9 Å². The van der Waals surface area contributed by atoms with Gasteiger partial charge in [0, 0.05) is 19.3 Å². The lowest BCUT2D eigenvalue weighted by Crippen LogP contribution is -2.36. The number of hydrogen-bond acceptors (Lipinski definition) is 5. The van der Waals surface area contributed by atoms with Gasteiger partial charge in [0.1, 0.15) is 0 Å². The van der Waals surface area contributed by atoms with Crippen LogP contribution < -0.4 is 10.0 Å². The van der Waals surface area contributed by atoms with Crippen molar-refractivity contribution in [3.63, 3.8) is 0 Å². The SMILES string of the molecule is COCCNC(=O)C1(c2ccc(NS(=O)(=O)c3cc(C)c(C)cc3C)cc2)CC1.O=C(O)C(F)(F)F. The number of hydrogen-bond donors (Lipinski definition) is 3. The number of carboxylic acids is 1. The van der Waals surface area contributed by atoms with E-state index in [1.54, 1.807) is 32.2 Å². The van der Waals surface area contributed by atoms with Gasteiger partial charge in [0.05, 0.1) is 16.9 Å². The van der Waals surface area contributed by atoms with Crippen LogP contribution in [0, 0.1) is 20.8 Å². The molecule has 2 aromatic carbocycles. The summed E-state index contributed by atoms with van der Waals surface area (Å²) in [6.07, 6.45) is -3.50. The largest absolute Gasteiger partial charge is 0.490 e. The van der Waals surface area contributed by atoms with Crippen LogP contribution in [-0.4, -0.2) is 51.8 Å². The second-order valence-corrected chi connectivity index (χ2v) is 10.2. The van der Waals surface area contributed by atoms with E-state index in [4.69, 9.17) is 14.6 Å². The van der Waals surface area contributed by atoms with Gasteiger partial charge in [-0.1, -0.05) is 18.2 Å². The quantitative estimate of drug-likeness (QED) is 0.446. The van der Waals surface area contributed by atoms with Crippen molar-refractivity contribution in [1.29, 1.82) is 0 Å². The summed E-state index contributed by atoms with van der Waals surface area (Å²) in [4.78, 5) is 21.7. The first-order valence-corrected chi connectivity index (χ1v) is 12.4. The first-order valence-electron chi connectivity index (χ1n) is 10.9. The number of aryl methyl sites for hydroxylation is 3. The summed E-state index contributed by atoms with van der Waals surface area (Å²) in [6.45, 7) is 6.60. The van der Waals surface area contributed by atoms with Crippen molar-refractivity contribution < 1.29 is 41.0 Å². The minimum absolute atomic E-state index is 0.00589. The summed E-state index contributed by atoms with van der Waals surface area (Å²) in [5.41, 5.74) is 3.57. The number of benzene rings is 2. The van der Waals surface area contributed by atoms with E-state index in [9.17, 15) is 26.4 Å². The lowest BCUT2D eigenvalue weighted by Gasteiger charge is -2.17. The molecule has 1 saturated carbocycles. The highest BCUT2D eigenvalue weighted by Gasteiger charge is 2.51. The first-order chi connectivity index (χ1) is 16.6. The van der Waals surface area contributed by atoms with Crippen molar-refractivity contribution in [2.45, 2.75) is 50.1 Å². The van der Waals surface area contributed by atoms with Gasteiger partial charge in [0.25, 0.3) is 10.0 Å². The van der Waals surface area contributed by atoms with Crippen molar-refractivity contribution in [2.24, 2.45) is 0 Å². The fourth-order valence-corrected chi connectivity index (χ4v) is 4.87. The van der Waals surface area contributed by atoms with Gasteiger partial charge in [-0.25, -0.2) is 13.2 Å². The highest BCUT2D eigenvalue weighted by Crippen LogP contribution is 2.48. The van der Waals surface area contributed by atoms with Crippen molar-refractivity contribution in [3.05, 3.63) is 58.7 Å². The van der Waals surface area contributed by atoms with Gasteiger partial charge in [-0.15, -0.1) is 0 Å². The molecule has 12 heteroatoms. The second kappa shape index (κ2) is 11.3. The van der Waals surface area contributed by atoms with Crippen LogP contribution in [0.2, 0.25) is 0 Å². The summed E-state index contributed by atoms with van der Waals surface area (Å²) in [5, 5.41) is 10.0. The van der Waals surface area contributed by atoms with Crippen LogP contribution >= 0.6 is 0 Å². The van der Waals surface area contributed by atoms with E-state index in [-0.39, 0.29) is 10.8 Å². The molecule has 1 fully saturated rings. The zero-order valence-corrected chi connectivity index (χ0v) is 21.1. The number of carbonyl (C=O) groups excluding carboxylic acids is 1. The summed E-state index contributed by atoms with van der Waals surface area (Å²) < 4.78 is 65.1. The van der Waals surface area contributed by atoms with Crippen LogP contribution in [0.15, 0.2) is 41.3 Å². The number of carboxylic acid groups (broad SMARTS) is 1. The van der Waals surface area contributed by atoms with Gasteiger partial charge in [-0.2, -0.15) is 13.2 Å². The molecule has 1 aliphatic carbocycles. The number of rotatable bonds is 8. The lowest BCUT2D eigenvalue weighted by atomic mass is 9.95. The Morgan fingerprint density at radius 2 is 1.56 bits per heavy atom. The molecule has 36 heavy (non-hydrogen) atoms. The minimum atomic E-state index is -5.08. The zero-order chi connectivity index (χ0) is 27.3. The van der Waals surface area contributed by atoms with Crippen LogP contribution in [0.25, 0.3) is 0 Å². The van der Waals surface area contributed by atoms with E-state index < -0.39 is 27.6 Å². The van der Waals surface area contributed by atoms with Crippen molar-refractivity contribution >= 4 is 27.6 Å². The van der Waals surface area contributed by atoms with Gasteiger partial charge in [-0.05, 0) is 74.1 Å². The Morgan fingerprint density at radius 3 is 2.03 bits per heavy atom. The molecule has 1 amide bonds. The average Bonchev–Trinajstić information content (AvgIpc) is 3.58. The minimum Gasteiger partial charge on any atom is -0.475 e. The molecule has 0 saturated heterocycles. The number of aliphatic carboxylic acids is 1. The highest BCUT2D eigenvalue weighted by atomic mass is 32.2. The van der Waals surface area contributed by atoms with E-state index in [0.29, 0.717) is 24.4 Å². The van der Waals surface area contributed by atoms with E-state index in [1.807, 2.05) is 32.0 Å².